The number of carbonyl (C=O) groups excluding carboxylic acids is 1. The van der Waals surface area contributed by atoms with Gasteiger partial charge in [-0.2, -0.15) is 0 Å². The lowest BCUT2D eigenvalue weighted by Gasteiger charge is -2.16. The lowest BCUT2D eigenvalue weighted by atomic mass is 10.2. The predicted octanol–water partition coefficient (Wildman–Crippen LogP) is 1.44. The molecule has 80 valence electrons. The number of nitrogens with zero attached hydrogens (tertiary/aromatic N) is 1. The van der Waals surface area contributed by atoms with Gasteiger partial charge in [-0.15, -0.1) is 11.6 Å². The Morgan fingerprint density at radius 1 is 1.27 bits per heavy atom. The molecule has 0 bridgehead atoms. The molecular formula is C10H10ClNO3. The van der Waals surface area contributed by atoms with Gasteiger partial charge in [-0.3, -0.25) is 4.79 Å². The van der Waals surface area contributed by atoms with E-state index in [0.717, 1.165) is 0 Å². The van der Waals surface area contributed by atoms with E-state index in [0.29, 0.717) is 12.2 Å². The quantitative estimate of drug-likeness (QED) is 0.714. The topological polar surface area (TPSA) is 60.8 Å². The Balaban J connectivity index is 2.33. The Labute approximate surface area is 91.7 Å². The van der Waals surface area contributed by atoms with Gasteiger partial charge in [-0.1, -0.05) is 0 Å². The van der Waals surface area contributed by atoms with Crippen LogP contribution in [0.25, 0.3) is 0 Å². The summed E-state index contributed by atoms with van der Waals surface area (Å²) in [6.45, 7) is 0.406. The lowest BCUT2D eigenvalue weighted by molar-refractivity contribution is -0.117. The molecular weight excluding hydrogens is 218 g/mol. The molecule has 1 atom stereocenters. The van der Waals surface area contributed by atoms with Crippen LogP contribution in [0.4, 0.5) is 5.69 Å². The second-order valence-corrected chi connectivity index (χ2v) is 4.13. The van der Waals surface area contributed by atoms with Gasteiger partial charge in [0.25, 0.3) is 0 Å². The third-order valence-corrected chi connectivity index (χ3v) is 2.57. The minimum Gasteiger partial charge on any atom is -0.508 e. The van der Waals surface area contributed by atoms with Gasteiger partial charge in [0.15, 0.2) is 0 Å². The molecule has 1 aromatic carbocycles. The maximum absolute atomic E-state index is 11.5. The van der Waals surface area contributed by atoms with Crippen LogP contribution in [0, 0.1) is 0 Å². The van der Waals surface area contributed by atoms with E-state index >= 15 is 0 Å². The van der Waals surface area contributed by atoms with Crippen LogP contribution in [0.15, 0.2) is 18.2 Å². The predicted molar refractivity (Wildman–Crippen MR) is 56.4 cm³/mol. The molecule has 1 saturated heterocycles. The van der Waals surface area contributed by atoms with Crippen molar-refractivity contribution in [1.29, 1.82) is 0 Å². The van der Waals surface area contributed by atoms with Crippen LogP contribution in [-0.2, 0) is 4.79 Å². The molecule has 4 nitrogen and oxygen atoms in total. The highest BCUT2D eigenvalue weighted by Gasteiger charge is 2.29. The smallest absolute Gasteiger partial charge is 0.228 e. The van der Waals surface area contributed by atoms with E-state index in [9.17, 15) is 15.0 Å². The molecule has 0 aliphatic carbocycles. The van der Waals surface area contributed by atoms with Gasteiger partial charge >= 0.3 is 0 Å². The summed E-state index contributed by atoms with van der Waals surface area (Å²) in [7, 11) is 0. The molecule has 1 heterocycles. The lowest BCUT2D eigenvalue weighted by Crippen LogP contribution is -2.24. The molecule has 1 aromatic rings. The largest absolute Gasteiger partial charge is 0.508 e. The van der Waals surface area contributed by atoms with Gasteiger partial charge in [-0.25, -0.2) is 0 Å². The number of alkyl halides is 1. The average Bonchev–Trinajstić information content (AvgIpc) is 2.43. The van der Waals surface area contributed by atoms with Crippen LogP contribution in [0.2, 0.25) is 0 Å². The van der Waals surface area contributed by atoms with Crippen LogP contribution in [0.3, 0.4) is 0 Å². The van der Waals surface area contributed by atoms with Crippen LogP contribution >= 0.6 is 11.6 Å². The average molecular weight is 228 g/mol. The molecule has 2 N–H and O–H groups in total. The minimum absolute atomic E-state index is 0.0733. The zero-order valence-corrected chi connectivity index (χ0v) is 8.61. The normalized spacial score (nSPS) is 21.0. The molecule has 1 aliphatic rings. The van der Waals surface area contributed by atoms with E-state index in [2.05, 4.69) is 0 Å². The maximum Gasteiger partial charge on any atom is 0.228 e. The Bertz CT molecular complexity index is 387. The molecule has 1 unspecified atom stereocenters. The molecule has 0 spiro atoms. The van der Waals surface area contributed by atoms with Gasteiger partial charge in [0.1, 0.15) is 11.5 Å². The first-order valence-corrected chi connectivity index (χ1v) is 4.97. The van der Waals surface area contributed by atoms with E-state index in [-0.39, 0.29) is 29.2 Å². The van der Waals surface area contributed by atoms with Crippen LogP contribution in [0.1, 0.15) is 6.42 Å². The van der Waals surface area contributed by atoms with Crippen molar-refractivity contribution in [2.24, 2.45) is 0 Å². The van der Waals surface area contributed by atoms with Gasteiger partial charge in [-0.05, 0) is 0 Å². The van der Waals surface area contributed by atoms with Crippen molar-refractivity contribution in [1.82, 2.24) is 0 Å². The first-order chi connectivity index (χ1) is 7.06. The third-order valence-electron chi connectivity index (χ3n) is 2.28. The summed E-state index contributed by atoms with van der Waals surface area (Å²) in [6, 6.07) is 4.06. The summed E-state index contributed by atoms with van der Waals surface area (Å²) in [5.41, 5.74) is 0.473. The number of hydrogen-bond acceptors (Lipinski definition) is 3. The Morgan fingerprint density at radius 3 is 2.33 bits per heavy atom. The molecule has 1 fully saturated rings. The monoisotopic (exact) mass is 227 g/mol. The van der Waals surface area contributed by atoms with E-state index < -0.39 is 0 Å². The van der Waals surface area contributed by atoms with Gasteiger partial charge < -0.3 is 15.1 Å². The summed E-state index contributed by atoms with van der Waals surface area (Å²) in [5, 5.41) is 18.3. The van der Waals surface area contributed by atoms with Gasteiger partial charge in [0, 0.05) is 31.2 Å². The van der Waals surface area contributed by atoms with Crippen molar-refractivity contribution in [3.63, 3.8) is 0 Å². The summed E-state index contributed by atoms with van der Waals surface area (Å²) in [4.78, 5) is 12.9. The second-order valence-electron chi connectivity index (χ2n) is 3.51. The van der Waals surface area contributed by atoms with Crippen LogP contribution in [-0.4, -0.2) is 28.0 Å². The first kappa shape index (κ1) is 10.1. The number of halogens is 1. The van der Waals surface area contributed by atoms with Crippen LogP contribution < -0.4 is 4.90 Å². The fraction of sp³-hybridized carbons (Fsp3) is 0.300. The van der Waals surface area contributed by atoms with Crippen molar-refractivity contribution in [2.75, 3.05) is 11.4 Å². The Morgan fingerprint density at radius 2 is 1.87 bits per heavy atom. The molecule has 0 radical (unpaired) electrons. The third kappa shape index (κ3) is 1.99. The summed E-state index contributed by atoms with van der Waals surface area (Å²) in [5.74, 6) is -0.244. The molecule has 0 aromatic heterocycles. The van der Waals surface area contributed by atoms with Crippen molar-refractivity contribution in [3.05, 3.63) is 18.2 Å². The van der Waals surface area contributed by atoms with Crippen molar-refractivity contribution >= 4 is 23.2 Å². The number of hydrogen-bond donors (Lipinski definition) is 2. The minimum atomic E-state index is -0.206. The highest BCUT2D eigenvalue weighted by molar-refractivity contribution is 6.24. The SMILES string of the molecule is O=C1CC(Cl)CN1c1cc(O)cc(O)c1. The number of phenols is 2. The number of carbonyl (C=O) groups is 1. The van der Waals surface area contributed by atoms with E-state index in [1.165, 1.54) is 23.1 Å². The number of rotatable bonds is 1. The standard InChI is InChI=1S/C10H10ClNO3/c11-6-1-10(15)12(5-6)7-2-8(13)4-9(14)3-7/h2-4,6,13-14H,1,5H2. The molecule has 5 heteroatoms. The highest BCUT2D eigenvalue weighted by atomic mass is 35.5. The Kier molecular flexibility index (Phi) is 2.44. The highest BCUT2D eigenvalue weighted by Crippen LogP contribution is 2.30. The fourth-order valence-corrected chi connectivity index (χ4v) is 1.92. The molecule has 15 heavy (non-hydrogen) atoms. The molecule has 1 aliphatic heterocycles. The number of phenolic OH excluding ortho intramolecular Hbond substituents is 2. The van der Waals surface area contributed by atoms with Crippen molar-refractivity contribution in [3.8, 4) is 11.5 Å². The number of aromatic hydroxyl groups is 2. The van der Waals surface area contributed by atoms with Crippen LogP contribution in [0.5, 0.6) is 11.5 Å². The van der Waals surface area contributed by atoms with E-state index in [1.807, 2.05) is 0 Å². The first-order valence-electron chi connectivity index (χ1n) is 4.54. The fourth-order valence-electron chi connectivity index (χ4n) is 1.65. The Hall–Kier alpha value is -1.42. The number of benzene rings is 1. The zero-order chi connectivity index (χ0) is 11.0. The number of anilines is 1. The summed E-state index contributed by atoms with van der Waals surface area (Å²) >= 11 is 5.84. The molecule has 1 amide bonds. The maximum atomic E-state index is 11.5. The van der Waals surface area contributed by atoms with Crippen molar-refractivity contribution < 1.29 is 15.0 Å². The zero-order valence-electron chi connectivity index (χ0n) is 7.85. The van der Waals surface area contributed by atoms with E-state index in [4.69, 9.17) is 11.6 Å². The van der Waals surface area contributed by atoms with E-state index in [1.54, 1.807) is 0 Å². The summed E-state index contributed by atoms with van der Waals surface area (Å²) < 4.78 is 0. The van der Waals surface area contributed by atoms with Gasteiger partial charge in [0.2, 0.25) is 5.91 Å². The second kappa shape index (κ2) is 3.62. The number of amides is 1. The van der Waals surface area contributed by atoms with Crippen molar-refractivity contribution in [2.45, 2.75) is 11.8 Å². The molecule has 2 rings (SSSR count). The van der Waals surface area contributed by atoms with Gasteiger partial charge in [0.05, 0.1) is 11.1 Å². The molecule has 0 saturated carbocycles. The summed E-state index contributed by atoms with van der Waals surface area (Å²) in [6.07, 6.45) is 0.290.